The Labute approximate surface area is 176 Å². The van der Waals surface area contributed by atoms with Gasteiger partial charge in [0.15, 0.2) is 0 Å². The van der Waals surface area contributed by atoms with Crippen molar-refractivity contribution in [1.82, 2.24) is 5.32 Å². The van der Waals surface area contributed by atoms with Gasteiger partial charge in [-0.2, -0.15) is 0 Å². The first-order valence-electron chi connectivity index (χ1n) is 10.5. The Morgan fingerprint density at radius 1 is 1.03 bits per heavy atom. The Morgan fingerprint density at radius 2 is 1.60 bits per heavy atom. The van der Waals surface area contributed by atoms with E-state index in [1.807, 2.05) is 24.3 Å². The second-order valence-electron chi connectivity index (χ2n) is 8.29. The first kappa shape index (κ1) is 20.2. The van der Waals surface area contributed by atoms with E-state index in [9.17, 15) is 14.7 Å². The number of nitrogens with one attached hydrogen (secondary N) is 1. The molecule has 5 nitrogen and oxygen atoms in total. The van der Waals surface area contributed by atoms with Crippen LogP contribution in [0.15, 0.2) is 60.7 Å². The Hall–Kier alpha value is -3.08. The average molecular weight is 405 g/mol. The number of rotatable bonds is 6. The van der Waals surface area contributed by atoms with E-state index in [1.54, 1.807) is 0 Å². The molecule has 5 heteroatoms. The van der Waals surface area contributed by atoms with Crippen LogP contribution in [0.1, 0.15) is 49.1 Å². The zero-order valence-electron chi connectivity index (χ0n) is 17.0. The van der Waals surface area contributed by atoms with Crippen molar-refractivity contribution in [3.8, 4) is 11.1 Å². The quantitative estimate of drug-likeness (QED) is 0.655. The van der Waals surface area contributed by atoms with E-state index in [1.165, 1.54) is 5.57 Å². The van der Waals surface area contributed by atoms with Gasteiger partial charge in [-0.05, 0) is 60.3 Å². The number of ether oxygens (including phenoxy) is 1. The normalized spacial score (nSPS) is 17.1. The molecule has 0 saturated heterocycles. The maximum Gasteiger partial charge on any atom is 0.407 e. The molecule has 2 aromatic rings. The third-order valence-electron chi connectivity index (χ3n) is 6.32. The molecule has 1 atom stereocenters. The summed E-state index contributed by atoms with van der Waals surface area (Å²) in [5, 5.41) is 12.1. The number of aliphatic carboxylic acids is 1. The van der Waals surface area contributed by atoms with Crippen molar-refractivity contribution in [1.29, 1.82) is 0 Å². The molecule has 1 amide bonds. The van der Waals surface area contributed by atoms with Gasteiger partial charge in [0.2, 0.25) is 0 Å². The molecule has 1 fully saturated rings. The molecule has 0 aliphatic heterocycles. The average Bonchev–Trinajstić information content (AvgIpc) is 3.07. The molecule has 30 heavy (non-hydrogen) atoms. The minimum atomic E-state index is -1.02. The highest BCUT2D eigenvalue weighted by atomic mass is 16.5. The highest BCUT2D eigenvalue weighted by molar-refractivity contribution is 5.81. The number of benzene rings is 2. The van der Waals surface area contributed by atoms with Gasteiger partial charge in [0.25, 0.3) is 0 Å². The summed E-state index contributed by atoms with van der Waals surface area (Å²) >= 11 is 0. The second-order valence-corrected chi connectivity index (χ2v) is 8.29. The molecule has 0 radical (unpaired) electrons. The first-order valence-corrected chi connectivity index (χ1v) is 10.5. The smallest absolute Gasteiger partial charge is 0.407 e. The molecule has 0 bridgehead atoms. The molecule has 1 saturated carbocycles. The zero-order valence-corrected chi connectivity index (χ0v) is 17.0. The Morgan fingerprint density at radius 3 is 2.17 bits per heavy atom. The van der Waals surface area contributed by atoms with Gasteiger partial charge in [-0.25, -0.2) is 9.59 Å². The Balaban J connectivity index is 1.38. The summed E-state index contributed by atoms with van der Waals surface area (Å²) in [5.41, 5.74) is 5.80. The topological polar surface area (TPSA) is 75.6 Å². The number of allylic oxidation sites excluding steroid dienone is 1. The van der Waals surface area contributed by atoms with E-state index in [0.717, 1.165) is 47.9 Å². The van der Waals surface area contributed by atoms with Crippen molar-refractivity contribution in [2.75, 3.05) is 6.61 Å². The van der Waals surface area contributed by atoms with E-state index >= 15 is 0 Å². The maximum atomic E-state index is 12.4. The summed E-state index contributed by atoms with van der Waals surface area (Å²) in [5.74, 6) is -0.783. The molecule has 0 heterocycles. The van der Waals surface area contributed by atoms with Crippen LogP contribution >= 0.6 is 0 Å². The van der Waals surface area contributed by atoms with Gasteiger partial charge in [-0.3, -0.25) is 0 Å². The summed E-state index contributed by atoms with van der Waals surface area (Å²) < 4.78 is 5.50. The molecule has 156 valence electrons. The molecular formula is C25H27NO4. The van der Waals surface area contributed by atoms with Crippen molar-refractivity contribution in [3.05, 3.63) is 71.8 Å². The van der Waals surface area contributed by atoms with Crippen LogP contribution in [0, 0.1) is 5.92 Å². The van der Waals surface area contributed by atoms with E-state index in [-0.39, 0.29) is 18.4 Å². The van der Waals surface area contributed by atoms with E-state index < -0.39 is 18.1 Å². The predicted molar refractivity (Wildman–Crippen MR) is 115 cm³/mol. The van der Waals surface area contributed by atoms with Gasteiger partial charge in [0, 0.05) is 5.92 Å². The summed E-state index contributed by atoms with van der Waals surface area (Å²) in [7, 11) is 0. The lowest BCUT2D eigenvalue weighted by molar-refractivity contribution is -0.139. The lowest BCUT2D eigenvalue weighted by Gasteiger charge is -2.26. The molecule has 2 N–H and O–H groups in total. The molecular weight excluding hydrogens is 378 g/mol. The maximum absolute atomic E-state index is 12.4. The van der Waals surface area contributed by atoms with Crippen LogP contribution in [0.25, 0.3) is 11.1 Å². The van der Waals surface area contributed by atoms with Crippen molar-refractivity contribution >= 4 is 12.1 Å². The SMILES string of the molecule is C=C1CCC(CC(NC(=O)OCC2c3ccccc3-c3ccccc32)C(=O)O)CC1. The predicted octanol–water partition coefficient (Wildman–Crippen LogP) is 5.11. The van der Waals surface area contributed by atoms with Crippen molar-refractivity contribution in [2.24, 2.45) is 5.92 Å². The number of carbonyl (C=O) groups is 2. The zero-order chi connectivity index (χ0) is 21.1. The van der Waals surface area contributed by atoms with Crippen LogP contribution in [-0.2, 0) is 9.53 Å². The molecule has 2 aliphatic rings. The third kappa shape index (κ3) is 4.25. The van der Waals surface area contributed by atoms with E-state index in [0.29, 0.717) is 6.42 Å². The second kappa shape index (κ2) is 8.74. The van der Waals surface area contributed by atoms with Crippen LogP contribution in [0.5, 0.6) is 0 Å². The number of carbonyl (C=O) groups excluding carboxylic acids is 1. The van der Waals surface area contributed by atoms with Crippen LogP contribution in [0.4, 0.5) is 4.79 Å². The number of carboxylic acid groups (broad SMARTS) is 1. The van der Waals surface area contributed by atoms with Crippen LogP contribution in [0.3, 0.4) is 0 Å². The highest BCUT2D eigenvalue weighted by Gasteiger charge is 2.30. The fourth-order valence-corrected chi connectivity index (χ4v) is 4.66. The molecule has 0 spiro atoms. The van der Waals surface area contributed by atoms with E-state index in [4.69, 9.17) is 4.74 Å². The Kier molecular flexibility index (Phi) is 5.88. The standard InChI is InChI=1S/C25H27NO4/c1-16-10-12-17(13-11-16)14-23(24(27)28)26-25(29)30-15-22-20-8-4-2-6-18(20)19-7-3-5-9-21(19)22/h2-9,17,22-23H,1,10-15H2,(H,26,29)(H,27,28). The largest absolute Gasteiger partial charge is 0.480 e. The van der Waals surface area contributed by atoms with Gasteiger partial charge in [-0.15, -0.1) is 0 Å². The van der Waals surface area contributed by atoms with Gasteiger partial charge in [-0.1, -0.05) is 60.7 Å². The molecule has 0 aromatic heterocycles. The number of carboxylic acids is 1. The summed E-state index contributed by atoms with van der Waals surface area (Å²) in [6.07, 6.45) is 3.46. The Bertz CT molecular complexity index is 912. The van der Waals surface area contributed by atoms with Gasteiger partial charge >= 0.3 is 12.1 Å². The molecule has 1 unspecified atom stereocenters. The number of fused-ring (bicyclic) bond motifs is 3. The third-order valence-corrected chi connectivity index (χ3v) is 6.32. The summed E-state index contributed by atoms with van der Waals surface area (Å²) in [4.78, 5) is 24.1. The number of hydrogen-bond donors (Lipinski definition) is 2. The lowest BCUT2D eigenvalue weighted by atomic mass is 9.83. The molecule has 2 aromatic carbocycles. The molecule has 4 rings (SSSR count). The fraction of sp³-hybridized carbons (Fsp3) is 0.360. The monoisotopic (exact) mass is 405 g/mol. The fourth-order valence-electron chi connectivity index (χ4n) is 4.66. The lowest BCUT2D eigenvalue weighted by Crippen LogP contribution is -2.42. The summed E-state index contributed by atoms with van der Waals surface area (Å²) in [6, 6.07) is 15.3. The van der Waals surface area contributed by atoms with Crippen LogP contribution < -0.4 is 5.32 Å². The first-order chi connectivity index (χ1) is 14.5. The number of alkyl carbamates (subject to hydrolysis) is 1. The highest BCUT2D eigenvalue weighted by Crippen LogP contribution is 2.44. The van der Waals surface area contributed by atoms with Crippen molar-refractivity contribution in [3.63, 3.8) is 0 Å². The number of hydrogen-bond acceptors (Lipinski definition) is 3. The minimum Gasteiger partial charge on any atom is -0.480 e. The number of amides is 1. The van der Waals surface area contributed by atoms with Crippen LogP contribution in [-0.4, -0.2) is 29.8 Å². The van der Waals surface area contributed by atoms with Gasteiger partial charge in [0.1, 0.15) is 12.6 Å². The van der Waals surface area contributed by atoms with Crippen LogP contribution in [0.2, 0.25) is 0 Å². The minimum absolute atomic E-state index is 0.0456. The van der Waals surface area contributed by atoms with Gasteiger partial charge in [0.05, 0.1) is 0 Å². The van der Waals surface area contributed by atoms with Crippen molar-refractivity contribution < 1.29 is 19.4 Å². The molecule has 2 aliphatic carbocycles. The van der Waals surface area contributed by atoms with E-state index in [2.05, 4.69) is 36.2 Å². The van der Waals surface area contributed by atoms with Crippen molar-refractivity contribution in [2.45, 2.75) is 44.1 Å². The summed E-state index contributed by atoms with van der Waals surface area (Å²) in [6.45, 7) is 4.18. The van der Waals surface area contributed by atoms with Gasteiger partial charge < -0.3 is 15.2 Å².